The Kier molecular flexibility index (Phi) is 13.3. The molecule has 37 heavy (non-hydrogen) atoms. The molecule has 7 heteroatoms. The molecule has 0 aliphatic carbocycles. The molecule has 3 atom stereocenters. The van der Waals surface area contributed by atoms with Gasteiger partial charge < -0.3 is 14.2 Å². The van der Waals surface area contributed by atoms with Crippen molar-refractivity contribution in [2.45, 2.75) is 97.2 Å². The third-order valence-electron chi connectivity index (χ3n) is 6.16. The van der Waals surface area contributed by atoms with Gasteiger partial charge in [-0.05, 0) is 61.9 Å². The lowest BCUT2D eigenvalue weighted by atomic mass is 9.96. The van der Waals surface area contributed by atoms with Gasteiger partial charge in [-0.15, -0.1) is 0 Å². The number of carbonyl (C=O) groups is 2. The molecule has 204 valence electrons. The molecular weight excluding hydrogens is 478 g/mol. The zero-order valence-corrected chi connectivity index (χ0v) is 22.4. The normalized spacial score (nSPS) is 13.7. The van der Waals surface area contributed by atoms with E-state index in [1.54, 1.807) is 50.2 Å². The van der Waals surface area contributed by atoms with E-state index in [1.165, 1.54) is 12.1 Å². The van der Waals surface area contributed by atoms with Crippen LogP contribution in [0.2, 0.25) is 0 Å². The second kappa shape index (κ2) is 16.1. The molecule has 1 unspecified atom stereocenters. The van der Waals surface area contributed by atoms with Gasteiger partial charge in [0, 0.05) is 6.61 Å². The van der Waals surface area contributed by atoms with Crippen LogP contribution in [0, 0.1) is 0 Å². The van der Waals surface area contributed by atoms with Crippen LogP contribution in [0.1, 0.15) is 84.1 Å². The summed E-state index contributed by atoms with van der Waals surface area (Å²) in [6.07, 6.45) is 2.74. The molecule has 0 saturated heterocycles. The Bertz CT molecular complexity index is 943. The molecule has 0 amide bonds. The largest absolute Gasteiger partial charge is 0.462 e. The average molecular weight is 519 g/mol. The molecule has 0 aromatic heterocycles. The molecule has 0 bridgehead atoms. The van der Waals surface area contributed by atoms with Gasteiger partial charge in [-0.25, -0.2) is 13.6 Å². The maximum atomic E-state index is 13.8. The van der Waals surface area contributed by atoms with Crippen LogP contribution in [-0.2, 0) is 19.1 Å². The lowest BCUT2D eigenvalue weighted by molar-refractivity contribution is -0.154. The summed E-state index contributed by atoms with van der Waals surface area (Å²) in [5, 5.41) is 0. The number of rotatable bonds is 16. The van der Waals surface area contributed by atoms with Crippen molar-refractivity contribution < 1.29 is 32.6 Å². The highest BCUT2D eigenvalue weighted by atomic mass is 19.3. The van der Waals surface area contributed by atoms with E-state index in [4.69, 9.17) is 14.2 Å². The Labute approximate surface area is 219 Å². The first-order valence-corrected chi connectivity index (χ1v) is 13.3. The number of hydrogen-bond donors (Lipinski definition) is 0. The van der Waals surface area contributed by atoms with Crippen LogP contribution in [0.5, 0.6) is 5.75 Å². The first kappa shape index (κ1) is 30.4. The van der Waals surface area contributed by atoms with Crippen molar-refractivity contribution in [1.29, 1.82) is 0 Å². The first-order valence-electron chi connectivity index (χ1n) is 13.3. The van der Waals surface area contributed by atoms with Gasteiger partial charge in [0.1, 0.15) is 11.7 Å². The van der Waals surface area contributed by atoms with Gasteiger partial charge in [0.05, 0.1) is 6.10 Å². The first-order chi connectivity index (χ1) is 17.8. The number of halogens is 2. The SMILES string of the molecule is CCCCCCC(C)OC(=O)[C@@H](c1ccc(-c2ccc(OC(=O)[C@H](C)OCCCC)cc2)cc1)C(F)F. The summed E-state index contributed by atoms with van der Waals surface area (Å²) >= 11 is 0. The minimum atomic E-state index is -2.87. The van der Waals surface area contributed by atoms with Crippen molar-refractivity contribution in [2.75, 3.05) is 6.61 Å². The van der Waals surface area contributed by atoms with Gasteiger partial charge in [-0.1, -0.05) is 75.9 Å². The van der Waals surface area contributed by atoms with Gasteiger partial charge in [0.15, 0.2) is 6.10 Å². The Balaban J connectivity index is 1.99. The number of benzene rings is 2. The van der Waals surface area contributed by atoms with Crippen LogP contribution in [0.15, 0.2) is 48.5 Å². The van der Waals surface area contributed by atoms with Crippen molar-refractivity contribution >= 4 is 11.9 Å². The van der Waals surface area contributed by atoms with Gasteiger partial charge in [-0.2, -0.15) is 0 Å². The standard InChI is InChI=1S/C30H40F2O5/c1-5-7-9-10-11-21(3)36-30(34)27(28(31)32)25-14-12-23(13-15-25)24-16-18-26(19-17-24)37-29(33)22(4)35-20-8-6-2/h12-19,21-22,27-28H,5-11,20H2,1-4H3/t21?,22-,27-/m0/s1. The van der Waals surface area contributed by atoms with Gasteiger partial charge in [0.25, 0.3) is 6.43 Å². The fourth-order valence-corrected chi connectivity index (χ4v) is 3.84. The van der Waals surface area contributed by atoms with E-state index >= 15 is 0 Å². The topological polar surface area (TPSA) is 61.8 Å². The van der Waals surface area contributed by atoms with Crippen molar-refractivity contribution in [3.63, 3.8) is 0 Å². The van der Waals surface area contributed by atoms with Gasteiger partial charge >= 0.3 is 11.9 Å². The third-order valence-corrected chi connectivity index (χ3v) is 6.16. The summed E-state index contributed by atoms with van der Waals surface area (Å²) in [7, 11) is 0. The molecule has 0 aliphatic rings. The zero-order valence-electron chi connectivity index (χ0n) is 22.4. The monoisotopic (exact) mass is 518 g/mol. The minimum absolute atomic E-state index is 0.213. The molecule has 0 spiro atoms. The lowest BCUT2D eigenvalue weighted by Crippen LogP contribution is -2.26. The average Bonchev–Trinajstić information content (AvgIpc) is 2.87. The Hall–Kier alpha value is -2.80. The maximum absolute atomic E-state index is 13.8. The zero-order chi connectivity index (χ0) is 27.2. The molecular formula is C30H40F2O5. The molecule has 0 radical (unpaired) electrons. The second-order valence-corrected chi connectivity index (χ2v) is 9.34. The van der Waals surface area contributed by atoms with Crippen LogP contribution in [0.3, 0.4) is 0 Å². The fourth-order valence-electron chi connectivity index (χ4n) is 3.84. The van der Waals surface area contributed by atoms with Gasteiger partial charge in [0.2, 0.25) is 0 Å². The highest BCUT2D eigenvalue weighted by Gasteiger charge is 2.32. The Morgan fingerprint density at radius 3 is 1.95 bits per heavy atom. The van der Waals surface area contributed by atoms with Crippen LogP contribution in [-0.4, -0.2) is 37.2 Å². The Morgan fingerprint density at radius 1 is 0.784 bits per heavy atom. The molecule has 0 N–H and O–H groups in total. The number of hydrogen-bond acceptors (Lipinski definition) is 5. The molecule has 0 fully saturated rings. The van der Waals surface area contributed by atoms with Crippen molar-refractivity contribution in [3.05, 3.63) is 54.1 Å². The van der Waals surface area contributed by atoms with Crippen LogP contribution >= 0.6 is 0 Å². The van der Waals surface area contributed by atoms with Crippen LogP contribution in [0.25, 0.3) is 11.1 Å². The predicted octanol–water partition coefficient (Wildman–Crippen LogP) is 7.72. The molecule has 5 nitrogen and oxygen atoms in total. The van der Waals surface area contributed by atoms with E-state index in [9.17, 15) is 18.4 Å². The van der Waals surface area contributed by atoms with E-state index in [0.717, 1.165) is 49.7 Å². The molecule has 2 aromatic carbocycles. The summed E-state index contributed by atoms with van der Waals surface area (Å²) in [4.78, 5) is 24.7. The number of carbonyl (C=O) groups excluding carboxylic acids is 2. The van der Waals surface area contributed by atoms with E-state index < -0.39 is 36.5 Å². The van der Waals surface area contributed by atoms with E-state index in [2.05, 4.69) is 6.92 Å². The lowest BCUT2D eigenvalue weighted by Gasteiger charge is -2.19. The summed E-state index contributed by atoms with van der Waals surface area (Å²) in [5.74, 6) is -2.60. The summed E-state index contributed by atoms with van der Waals surface area (Å²) in [6.45, 7) is 8.07. The van der Waals surface area contributed by atoms with Crippen LogP contribution in [0.4, 0.5) is 8.78 Å². The molecule has 0 saturated carbocycles. The van der Waals surface area contributed by atoms with E-state index in [1.807, 2.05) is 6.92 Å². The number of esters is 2. The molecule has 0 heterocycles. The van der Waals surface area contributed by atoms with Crippen LogP contribution < -0.4 is 4.74 Å². The number of ether oxygens (including phenoxy) is 3. The number of alkyl halides is 2. The predicted molar refractivity (Wildman–Crippen MR) is 141 cm³/mol. The van der Waals surface area contributed by atoms with Crippen molar-refractivity contribution in [3.8, 4) is 16.9 Å². The highest BCUT2D eigenvalue weighted by molar-refractivity contribution is 5.79. The number of unbranched alkanes of at least 4 members (excludes halogenated alkanes) is 4. The van der Waals surface area contributed by atoms with Crippen molar-refractivity contribution in [1.82, 2.24) is 0 Å². The van der Waals surface area contributed by atoms with Gasteiger partial charge in [-0.3, -0.25) is 4.79 Å². The summed E-state index contributed by atoms with van der Waals surface area (Å²) < 4.78 is 43.8. The molecule has 2 rings (SSSR count). The maximum Gasteiger partial charge on any atom is 0.340 e. The quantitative estimate of drug-likeness (QED) is 0.129. The summed E-state index contributed by atoms with van der Waals surface area (Å²) in [6, 6.07) is 13.3. The van der Waals surface area contributed by atoms with E-state index in [0.29, 0.717) is 18.8 Å². The van der Waals surface area contributed by atoms with Crippen molar-refractivity contribution in [2.24, 2.45) is 0 Å². The Morgan fingerprint density at radius 2 is 1.38 bits per heavy atom. The molecule has 0 aliphatic heterocycles. The summed E-state index contributed by atoms with van der Waals surface area (Å²) in [5.41, 5.74) is 1.81. The molecule has 2 aromatic rings. The minimum Gasteiger partial charge on any atom is -0.462 e. The van der Waals surface area contributed by atoms with E-state index in [-0.39, 0.29) is 5.56 Å². The fraction of sp³-hybridized carbons (Fsp3) is 0.533. The smallest absolute Gasteiger partial charge is 0.340 e. The highest BCUT2D eigenvalue weighted by Crippen LogP contribution is 2.29. The second-order valence-electron chi connectivity index (χ2n) is 9.34. The third kappa shape index (κ3) is 10.2.